The van der Waals surface area contributed by atoms with Crippen molar-refractivity contribution in [2.75, 3.05) is 0 Å². The summed E-state index contributed by atoms with van der Waals surface area (Å²) in [7, 11) is 0. The maximum absolute atomic E-state index is 12.7. The topological polar surface area (TPSA) is 105 Å². The molecule has 0 aliphatic rings. The summed E-state index contributed by atoms with van der Waals surface area (Å²) in [4.78, 5) is 45.7. The fraction of sp³-hybridized carbons (Fsp3) is 0.357. The average Bonchev–Trinajstić information content (AvgIpc) is 3.14. The summed E-state index contributed by atoms with van der Waals surface area (Å²) < 4.78 is 16.7. The summed E-state index contributed by atoms with van der Waals surface area (Å²) in [6.45, 7) is 2.26. The Morgan fingerprint density at radius 3 is 1.50 bits per heavy atom. The number of carbonyl (C=O) groups is 3. The van der Waals surface area contributed by atoms with Gasteiger partial charge in [-0.3, -0.25) is 14.8 Å². The maximum Gasteiger partial charge on any atom is 0.345 e. The first-order valence-corrected chi connectivity index (χ1v) is 17.9. The van der Waals surface area contributed by atoms with Crippen molar-refractivity contribution >= 4 is 30.1 Å². The van der Waals surface area contributed by atoms with Crippen LogP contribution in [0.3, 0.4) is 0 Å². The van der Waals surface area contributed by atoms with Crippen molar-refractivity contribution < 1.29 is 28.6 Å². The van der Waals surface area contributed by atoms with E-state index in [0.29, 0.717) is 17.7 Å². The molecule has 0 spiro atoms. The lowest BCUT2D eigenvalue weighted by molar-refractivity contribution is -0.134. The molecule has 4 aromatic rings. The van der Waals surface area contributed by atoms with Gasteiger partial charge in [-0.15, -0.1) is 0 Å². The quantitative estimate of drug-likeness (QED) is 0.0372. The third-order valence-corrected chi connectivity index (χ3v) is 8.18. The van der Waals surface area contributed by atoms with Crippen molar-refractivity contribution in [2.45, 2.75) is 96.8 Å². The van der Waals surface area contributed by atoms with Crippen LogP contribution in [0.15, 0.2) is 91.5 Å². The first kappa shape index (κ1) is 37.7. The van der Waals surface area contributed by atoms with Gasteiger partial charge in [0.15, 0.2) is 0 Å². The molecule has 0 bridgehead atoms. The van der Waals surface area contributed by atoms with Crippen molar-refractivity contribution in [3.8, 4) is 17.2 Å². The number of hydrogen-bond acceptors (Lipinski definition) is 8. The van der Waals surface area contributed by atoms with Gasteiger partial charge in [0.25, 0.3) is 0 Å². The summed E-state index contributed by atoms with van der Waals surface area (Å²) in [6, 6.07) is 18.5. The Morgan fingerprint density at radius 2 is 1.02 bits per heavy atom. The van der Waals surface area contributed by atoms with Crippen LogP contribution in [0.25, 0.3) is 12.2 Å². The van der Waals surface area contributed by atoms with E-state index in [9.17, 15) is 14.4 Å². The van der Waals surface area contributed by atoms with Crippen molar-refractivity contribution in [1.29, 1.82) is 0 Å². The Kier molecular flexibility index (Phi) is 16.4. The SMILES string of the molecule is CCCCCCCCCCCCCCCC(=O)Oc1ccc(/C=C/c2cc(OC(=O)c3cccnc3)cc(OC(=O)c3cccnc3)c2)cc1. The largest absolute Gasteiger partial charge is 0.427 e. The van der Waals surface area contributed by atoms with Crippen LogP contribution >= 0.6 is 0 Å². The minimum Gasteiger partial charge on any atom is -0.427 e. The highest BCUT2D eigenvalue weighted by atomic mass is 16.5. The molecule has 0 unspecified atom stereocenters. The molecule has 0 radical (unpaired) electrons. The number of unbranched alkanes of at least 4 members (excludes halogenated alkanes) is 12. The third-order valence-electron chi connectivity index (χ3n) is 8.18. The van der Waals surface area contributed by atoms with Gasteiger partial charge >= 0.3 is 17.9 Å². The molecule has 0 saturated heterocycles. The average molecular weight is 677 g/mol. The monoisotopic (exact) mass is 676 g/mol. The molecule has 0 amide bonds. The highest BCUT2D eigenvalue weighted by molar-refractivity contribution is 5.92. The Bertz CT molecular complexity index is 1570. The zero-order valence-corrected chi connectivity index (χ0v) is 29.1. The number of rotatable bonds is 21. The molecule has 262 valence electrons. The second-order valence-electron chi connectivity index (χ2n) is 12.4. The molecule has 8 nitrogen and oxygen atoms in total. The first-order valence-electron chi connectivity index (χ1n) is 17.9. The van der Waals surface area contributed by atoms with E-state index in [-0.39, 0.29) is 28.6 Å². The van der Waals surface area contributed by atoms with Crippen molar-refractivity contribution in [3.05, 3.63) is 114 Å². The second kappa shape index (κ2) is 21.8. The van der Waals surface area contributed by atoms with Crippen molar-refractivity contribution in [2.24, 2.45) is 0 Å². The first-order chi connectivity index (χ1) is 24.5. The molecule has 0 saturated carbocycles. The summed E-state index contributed by atoms with van der Waals surface area (Å²) in [5.74, 6) is -0.523. The van der Waals surface area contributed by atoms with E-state index in [1.165, 1.54) is 82.7 Å². The van der Waals surface area contributed by atoms with Gasteiger partial charge in [-0.1, -0.05) is 108 Å². The van der Waals surface area contributed by atoms with Gasteiger partial charge in [0.1, 0.15) is 17.2 Å². The molecule has 0 N–H and O–H groups in total. The smallest absolute Gasteiger partial charge is 0.345 e. The number of hydrogen-bond donors (Lipinski definition) is 0. The van der Waals surface area contributed by atoms with E-state index >= 15 is 0 Å². The number of nitrogens with zero attached hydrogens (tertiary/aromatic N) is 2. The van der Waals surface area contributed by atoms with Gasteiger partial charge < -0.3 is 14.2 Å². The van der Waals surface area contributed by atoms with Crippen LogP contribution in [0, 0.1) is 0 Å². The summed E-state index contributed by atoms with van der Waals surface area (Å²) in [5.41, 5.74) is 2.05. The van der Waals surface area contributed by atoms with Crippen LogP contribution in [-0.2, 0) is 4.79 Å². The molecular formula is C42H48N2O6. The summed E-state index contributed by atoms with van der Waals surface area (Å²) >= 11 is 0. The fourth-order valence-corrected chi connectivity index (χ4v) is 5.42. The maximum atomic E-state index is 12.7. The summed E-state index contributed by atoms with van der Waals surface area (Å²) in [5, 5.41) is 0. The highest BCUT2D eigenvalue weighted by Gasteiger charge is 2.14. The van der Waals surface area contributed by atoms with E-state index in [1.54, 1.807) is 67.0 Å². The molecule has 2 aromatic heterocycles. The van der Waals surface area contributed by atoms with Crippen LogP contribution in [0.5, 0.6) is 17.2 Å². The molecule has 0 fully saturated rings. The van der Waals surface area contributed by atoms with E-state index in [4.69, 9.17) is 14.2 Å². The van der Waals surface area contributed by atoms with Gasteiger partial charge in [0.2, 0.25) is 0 Å². The number of esters is 3. The normalized spacial score (nSPS) is 11.0. The highest BCUT2D eigenvalue weighted by Crippen LogP contribution is 2.26. The zero-order chi connectivity index (χ0) is 35.2. The van der Waals surface area contributed by atoms with Crippen LogP contribution in [0.4, 0.5) is 0 Å². The van der Waals surface area contributed by atoms with E-state index in [1.807, 2.05) is 18.2 Å². The molecule has 2 heterocycles. The second-order valence-corrected chi connectivity index (χ2v) is 12.4. The Morgan fingerprint density at radius 1 is 0.540 bits per heavy atom. The van der Waals surface area contributed by atoms with E-state index in [0.717, 1.165) is 24.8 Å². The van der Waals surface area contributed by atoms with Crippen molar-refractivity contribution in [3.63, 3.8) is 0 Å². The standard InChI is InChI=1S/C42H48N2O6/c1-2-3-4-5-6-7-8-9-10-11-12-13-14-19-40(45)48-37-24-22-33(23-25-37)20-21-34-28-38(49-41(46)35-17-15-26-43-31-35)30-39(29-34)50-42(47)36-18-16-27-44-32-36/h15-18,20-32H,2-14,19H2,1H3/b21-20+. The predicted octanol–water partition coefficient (Wildman–Crippen LogP) is 10.5. The van der Waals surface area contributed by atoms with Crippen LogP contribution in [-0.4, -0.2) is 27.9 Å². The van der Waals surface area contributed by atoms with Gasteiger partial charge in [-0.05, 0) is 66.1 Å². The lowest BCUT2D eigenvalue weighted by Crippen LogP contribution is -2.11. The minimum absolute atomic E-state index is 0.195. The third kappa shape index (κ3) is 14.2. The van der Waals surface area contributed by atoms with Crippen LogP contribution in [0.2, 0.25) is 0 Å². The van der Waals surface area contributed by atoms with E-state index in [2.05, 4.69) is 16.9 Å². The molecule has 2 aromatic carbocycles. The van der Waals surface area contributed by atoms with Gasteiger partial charge in [-0.25, -0.2) is 9.59 Å². The molecular weight excluding hydrogens is 628 g/mol. The Balaban J connectivity index is 1.24. The lowest BCUT2D eigenvalue weighted by Gasteiger charge is -2.10. The van der Waals surface area contributed by atoms with Crippen LogP contribution < -0.4 is 14.2 Å². The molecule has 4 rings (SSSR count). The number of aromatic nitrogens is 2. The molecule has 0 aliphatic heterocycles. The van der Waals surface area contributed by atoms with Gasteiger partial charge in [0, 0.05) is 37.3 Å². The lowest BCUT2D eigenvalue weighted by atomic mass is 10.0. The molecule has 8 heteroatoms. The van der Waals surface area contributed by atoms with Gasteiger partial charge in [-0.2, -0.15) is 0 Å². The molecule has 0 atom stereocenters. The number of benzene rings is 2. The fourth-order valence-electron chi connectivity index (χ4n) is 5.42. The Hall–Kier alpha value is -5.11. The zero-order valence-electron chi connectivity index (χ0n) is 29.1. The van der Waals surface area contributed by atoms with Gasteiger partial charge in [0.05, 0.1) is 11.1 Å². The predicted molar refractivity (Wildman–Crippen MR) is 196 cm³/mol. The minimum atomic E-state index is -0.594. The molecule has 0 aliphatic carbocycles. The van der Waals surface area contributed by atoms with E-state index < -0.39 is 11.9 Å². The number of ether oxygens (including phenoxy) is 3. The molecule has 50 heavy (non-hydrogen) atoms. The summed E-state index contributed by atoms with van der Waals surface area (Å²) in [6.07, 6.45) is 26.4. The van der Waals surface area contributed by atoms with Crippen molar-refractivity contribution in [1.82, 2.24) is 9.97 Å². The number of carbonyl (C=O) groups excluding carboxylic acids is 3. The number of pyridine rings is 2. The Labute approximate surface area is 295 Å². The van der Waals surface area contributed by atoms with Crippen LogP contribution in [0.1, 0.15) is 129 Å².